The Morgan fingerprint density at radius 3 is 2.90 bits per heavy atom. The third-order valence-electron chi connectivity index (χ3n) is 3.40. The van der Waals surface area contributed by atoms with E-state index in [1.54, 1.807) is 0 Å². The summed E-state index contributed by atoms with van der Waals surface area (Å²) in [5.41, 5.74) is 0.679. The van der Waals surface area contributed by atoms with Crippen LogP contribution < -0.4 is 5.32 Å². The predicted molar refractivity (Wildman–Crippen MR) is 43.0 cm³/mol. The van der Waals surface area contributed by atoms with Gasteiger partial charge in [0.25, 0.3) is 0 Å². The van der Waals surface area contributed by atoms with Crippen molar-refractivity contribution in [1.82, 2.24) is 5.32 Å². The second-order valence-electron chi connectivity index (χ2n) is 4.16. The second kappa shape index (κ2) is 2.23. The van der Waals surface area contributed by atoms with Crippen molar-refractivity contribution in [2.75, 3.05) is 6.54 Å². The minimum absolute atomic E-state index is 0.679. The third-order valence-corrected chi connectivity index (χ3v) is 3.40. The Bertz CT molecular complexity index is 133. The molecule has 2 atom stereocenters. The van der Waals surface area contributed by atoms with Gasteiger partial charge in [-0.15, -0.1) is 0 Å². The molecule has 0 aromatic carbocycles. The molecular weight excluding hydrogens is 122 g/mol. The monoisotopic (exact) mass is 139 g/mol. The third kappa shape index (κ3) is 0.878. The average molecular weight is 139 g/mol. The molecule has 1 nitrogen and oxygen atoms in total. The fourth-order valence-corrected chi connectivity index (χ4v) is 2.65. The molecule has 2 aliphatic rings. The van der Waals surface area contributed by atoms with Crippen molar-refractivity contribution in [2.45, 2.75) is 45.1 Å². The molecule has 2 rings (SSSR count). The summed E-state index contributed by atoms with van der Waals surface area (Å²) >= 11 is 0. The van der Waals surface area contributed by atoms with E-state index < -0.39 is 0 Å². The van der Waals surface area contributed by atoms with E-state index in [0.29, 0.717) is 5.41 Å². The Balaban J connectivity index is 2.10. The first-order valence-corrected chi connectivity index (χ1v) is 4.55. The first-order valence-electron chi connectivity index (χ1n) is 4.55. The maximum Gasteiger partial charge on any atom is 0.0121 e. The van der Waals surface area contributed by atoms with E-state index in [-0.39, 0.29) is 0 Å². The summed E-state index contributed by atoms with van der Waals surface area (Å²) in [6.45, 7) is 3.72. The van der Waals surface area contributed by atoms with Gasteiger partial charge in [-0.2, -0.15) is 0 Å². The highest BCUT2D eigenvalue weighted by Gasteiger charge is 2.39. The molecule has 1 aliphatic carbocycles. The van der Waals surface area contributed by atoms with Crippen LogP contribution in [0.3, 0.4) is 0 Å². The summed E-state index contributed by atoms with van der Waals surface area (Å²) in [6, 6.07) is 0.862. The van der Waals surface area contributed by atoms with Crippen LogP contribution >= 0.6 is 0 Å². The van der Waals surface area contributed by atoms with Crippen LogP contribution in [-0.4, -0.2) is 12.6 Å². The van der Waals surface area contributed by atoms with Crippen LogP contribution in [0.15, 0.2) is 0 Å². The van der Waals surface area contributed by atoms with Gasteiger partial charge in [0.2, 0.25) is 0 Å². The van der Waals surface area contributed by atoms with E-state index in [2.05, 4.69) is 12.2 Å². The van der Waals surface area contributed by atoms with Crippen molar-refractivity contribution >= 4 is 0 Å². The van der Waals surface area contributed by atoms with E-state index in [1.807, 2.05) is 0 Å². The highest BCUT2D eigenvalue weighted by Crippen LogP contribution is 2.43. The SMILES string of the molecule is C[C@]12CCCNC1CCC2. The molecule has 58 valence electrons. The Morgan fingerprint density at radius 2 is 2.10 bits per heavy atom. The summed E-state index contributed by atoms with van der Waals surface area (Å²) in [5.74, 6) is 0. The maximum absolute atomic E-state index is 3.62. The van der Waals surface area contributed by atoms with E-state index in [9.17, 15) is 0 Å². The molecule has 10 heavy (non-hydrogen) atoms. The quantitative estimate of drug-likeness (QED) is 0.540. The summed E-state index contributed by atoms with van der Waals surface area (Å²) in [6.07, 6.45) is 7.20. The van der Waals surface area contributed by atoms with Crippen molar-refractivity contribution in [3.8, 4) is 0 Å². The fourth-order valence-electron chi connectivity index (χ4n) is 2.65. The molecule has 1 aliphatic heterocycles. The summed E-state index contributed by atoms with van der Waals surface area (Å²) in [4.78, 5) is 0. The molecule has 2 fully saturated rings. The van der Waals surface area contributed by atoms with Crippen LogP contribution in [-0.2, 0) is 0 Å². The molecule has 1 unspecified atom stereocenters. The van der Waals surface area contributed by atoms with Gasteiger partial charge in [-0.1, -0.05) is 13.3 Å². The first-order chi connectivity index (χ1) is 4.81. The van der Waals surface area contributed by atoms with Crippen LogP contribution in [0.25, 0.3) is 0 Å². The van der Waals surface area contributed by atoms with Crippen molar-refractivity contribution in [2.24, 2.45) is 5.41 Å². The number of rotatable bonds is 0. The van der Waals surface area contributed by atoms with E-state index >= 15 is 0 Å². The molecule has 0 amide bonds. The van der Waals surface area contributed by atoms with Crippen LogP contribution in [0.1, 0.15) is 39.0 Å². The minimum atomic E-state index is 0.679. The lowest BCUT2D eigenvalue weighted by molar-refractivity contribution is 0.191. The first kappa shape index (κ1) is 6.66. The molecule has 0 aromatic rings. The predicted octanol–water partition coefficient (Wildman–Crippen LogP) is 1.93. The topological polar surface area (TPSA) is 12.0 Å². The zero-order valence-corrected chi connectivity index (χ0v) is 6.82. The Labute approximate surface area is 63.2 Å². The van der Waals surface area contributed by atoms with Crippen molar-refractivity contribution in [3.05, 3.63) is 0 Å². The van der Waals surface area contributed by atoms with Crippen LogP contribution in [0.5, 0.6) is 0 Å². The molecule has 0 bridgehead atoms. The van der Waals surface area contributed by atoms with Gasteiger partial charge in [0.05, 0.1) is 0 Å². The van der Waals surface area contributed by atoms with Gasteiger partial charge in [0, 0.05) is 6.04 Å². The molecule has 1 saturated carbocycles. The largest absolute Gasteiger partial charge is 0.313 e. The van der Waals surface area contributed by atoms with Gasteiger partial charge in [-0.25, -0.2) is 0 Å². The number of piperidine rings is 1. The van der Waals surface area contributed by atoms with E-state index in [0.717, 1.165) is 6.04 Å². The zero-order chi connectivity index (χ0) is 7.03. The Kier molecular flexibility index (Phi) is 1.48. The lowest BCUT2D eigenvalue weighted by atomic mass is 9.78. The lowest BCUT2D eigenvalue weighted by Gasteiger charge is -2.36. The number of nitrogens with one attached hydrogen (secondary N) is 1. The lowest BCUT2D eigenvalue weighted by Crippen LogP contribution is -2.44. The number of fused-ring (bicyclic) bond motifs is 1. The maximum atomic E-state index is 3.62. The summed E-state index contributed by atoms with van der Waals surface area (Å²) in [7, 11) is 0. The van der Waals surface area contributed by atoms with E-state index in [1.165, 1.54) is 38.6 Å². The standard InChI is InChI=1S/C9H17N/c1-9-5-2-4-8(9)10-7-3-6-9/h8,10H,2-7H2,1H3/t8?,9-/m0/s1. The van der Waals surface area contributed by atoms with Crippen molar-refractivity contribution in [1.29, 1.82) is 0 Å². The number of hydrogen-bond donors (Lipinski definition) is 1. The fraction of sp³-hybridized carbons (Fsp3) is 1.00. The van der Waals surface area contributed by atoms with Crippen LogP contribution in [0.2, 0.25) is 0 Å². The molecule has 1 saturated heterocycles. The van der Waals surface area contributed by atoms with Crippen LogP contribution in [0, 0.1) is 5.41 Å². The Hall–Kier alpha value is -0.0400. The highest BCUT2D eigenvalue weighted by atomic mass is 15.0. The van der Waals surface area contributed by atoms with Gasteiger partial charge in [-0.05, 0) is 37.6 Å². The Morgan fingerprint density at radius 1 is 1.30 bits per heavy atom. The zero-order valence-electron chi connectivity index (χ0n) is 6.82. The van der Waals surface area contributed by atoms with Crippen molar-refractivity contribution in [3.63, 3.8) is 0 Å². The van der Waals surface area contributed by atoms with Gasteiger partial charge >= 0.3 is 0 Å². The molecular formula is C9H17N. The van der Waals surface area contributed by atoms with Gasteiger partial charge < -0.3 is 5.32 Å². The molecule has 0 aromatic heterocycles. The highest BCUT2D eigenvalue weighted by molar-refractivity contribution is 4.95. The average Bonchev–Trinajstić information content (AvgIpc) is 2.29. The molecule has 0 spiro atoms. The normalized spacial score (nSPS) is 47.1. The molecule has 0 radical (unpaired) electrons. The summed E-state index contributed by atoms with van der Waals surface area (Å²) < 4.78 is 0. The van der Waals surface area contributed by atoms with Crippen LogP contribution in [0.4, 0.5) is 0 Å². The van der Waals surface area contributed by atoms with Gasteiger partial charge in [0.1, 0.15) is 0 Å². The summed E-state index contributed by atoms with van der Waals surface area (Å²) in [5, 5.41) is 3.62. The molecule has 1 heteroatoms. The smallest absolute Gasteiger partial charge is 0.0121 e. The second-order valence-corrected chi connectivity index (χ2v) is 4.16. The molecule has 1 heterocycles. The van der Waals surface area contributed by atoms with Gasteiger partial charge in [0.15, 0.2) is 0 Å². The van der Waals surface area contributed by atoms with Crippen molar-refractivity contribution < 1.29 is 0 Å². The van der Waals surface area contributed by atoms with E-state index in [4.69, 9.17) is 0 Å². The number of hydrogen-bond acceptors (Lipinski definition) is 1. The van der Waals surface area contributed by atoms with Gasteiger partial charge in [-0.3, -0.25) is 0 Å². The minimum Gasteiger partial charge on any atom is -0.313 e. The molecule has 1 N–H and O–H groups in total.